The first-order valence-corrected chi connectivity index (χ1v) is 9.15. The van der Waals surface area contributed by atoms with Crippen LogP contribution in [0.25, 0.3) is 5.69 Å². The van der Waals surface area contributed by atoms with Crippen LogP contribution in [0.1, 0.15) is 16.4 Å². The lowest BCUT2D eigenvalue weighted by Gasteiger charge is -2.12. The molecule has 0 bridgehead atoms. The van der Waals surface area contributed by atoms with E-state index < -0.39 is 5.91 Å². The fraction of sp³-hybridized carbons (Fsp3) is 0.200. The Morgan fingerprint density at radius 3 is 2.59 bits per heavy atom. The van der Waals surface area contributed by atoms with Crippen molar-refractivity contribution < 1.29 is 14.3 Å². The average molecular weight is 414 g/mol. The molecule has 2 aromatic carbocycles. The van der Waals surface area contributed by atoms with Gasteiger partial charge < -0.3 is 15.0 Å². The van der Waals surface area contributed by atoms with Crippen molar-refractivity contribution in [3.05, 3.63) is 65.2 Å². The maximum Gasteiger partial charge on any atom is 0.295 e. The van der Waals surface area contributed by atoms with E-state index >= 15 is 0 Å². The highest BCUT2D eigenvalue weighted by molar-refractivity contribution is 6.30. The standard InChI is InChI=1S/C20H20ClN5O3/c1-13-22-19(24-26(13)16-9-7-14(21)8-10-16)20(28)23-15-5-4-6-17(11-15)29-12-18(27)25(2)3/h4-11H,12H2,1-3H3,(H,23,28). The van der Waals surface area contributed by atoms with Crippen molar-refractivity contribution in [1.82, 2.24) is 19.7 Å². The number of benzene rings is 2. The van der Waals surface area contributed by atoms with Gasteiger partial charge in [-0.3, -0.25) is 9.59 Å². The maximum atomic E-state index is 12.6. The van der Waals surface area contributed by atoms with E-state index in [1.54, 1.807) is 74.2 Å². The van der Waals surface area contributed by atoms with E-state index in [0.717, 1.165) is 5.69 Å². The van der Waals surface area contributed by atoms with Crippen molar-refractivity contribution in [3.63, 3.8) is 0 Å². The molecule has 0 saturated carbocycles. The summed E-state index contributed by atoms with van der Waals surface area (Å²) in [6, 6.07) is 13.8. The van der Waals surface area contributed by atoms with Gasteiger partial charge in [-0.25, -0.2) is 9.67 Å². The number of amides is 2. The van der Waals surface area contributed by atoms with Gasteiger partial charge in [-0.05, 0) is 43.3 Å². The first kappa shape index (κ1) is 20.3. The summed E-state index contributed by atoms with van der Waals surface area (Å²) in [5, 5.41) is 7.62. The van der Waals surface area contributed by atoms with Crippen LogP contribution in [-0.4, -0.2) is 52.2 Å². The fourth-order valence-corrected chi connectivity index (χ4v) is 2.56. The molecule has 0 unspecified atom stereocenters. The molecule has 9 heteroatoms. The quantitative estimate of drug-likeness (QED) is 0.671. The molecule has 2 amide bonds. The summed E-state index contributed by atoms with van der Waals surface area (Å²) >= 11 is 5.91. The zero-order valence-electron chi connectivity index (χ0n) is 16.2. The third kappa shape index (κ3) is 5.11. The van der Waals surface area contributed by atoms with Crippen LogP contribution in [0.5, 0.6) is 5.75 Å². The molecule has 1 N–H and O–H groups in total. The molecule has 0 aliphatic heterocycles. The van der Waals surface area contributed by atoms with E-state index in [9.17, 15) is 9.59 Å². The van der Waals surface area contributed by atoms with Gasteiger partial charge in [0.25, 0.3) is 11.8 Å². The van der Waals surface area contributed by atoms with Gasteiger partial charge in [0.15, 0.2) is 6.61 Å². The Balaban J connectivity index is 1.71. The van der Waals surface area contributed by atoms with Gasteiger partial charge in [0.05, 0.1) is 5.69 Å². The van der Waals surface area contributed by atoms with Gasteiger partial charge in [0, 0.05) is 30.9 Å². The third-order valence-electron chi connectivity index (χ3n) is 4.00. The molecular formula is C20H20ClN5O3. The SMILES string of the molecule is Cc1nc(C(=O)Nc2cccc(OCC(=O)N(C)C)c2)nn1-c1ccc(Cl)cc1. The first-order valence-electron chi connectivity index (χ1n) is 8.77. The second-order valence-corrected chi connectivity index (χ2v) is 6.87. The second kappa shape index (κ2) is 8.74. The molecule has 1 aromatic heterocycles. The highest BCUT2D eigenvalue weighted by Crippen LogP contribution is 2.19. The Labute approximate surface area is 173 Å². The van der Waals surface area contributed by atoms with Crippen molar-refractivity contribution in [2.24, 2.45) is 0 Å². The minimum absolute atomic E-state index is 0.0338. The summed E-state index contributed by atoms with van der Waals surface area (Å²) in [5.41, 5.74) is 1.25. The lowest BCUT2D eigenvalue weighted by Crippen LogP contribution is -2.27. The Morgan fingerprint density at radius 2 is 1.90 bits per heavy atom. The third-order valence-corrected chi connectivity index (χ3v) is 4.25. The molecule has 3 rings (SSSR count). The molecule has 0 radical (unpaired) electrons. The van der Waals surface area contributed by atoms with Gasteiger partial charge in [0.2, 0.25) is 5.82 Å². The predicted octanol–water partition coefficient (Wildman–Crippen LogP) is 2.95. The Kier molecular flexibility index (Phi) is 6.13. The van der Waals surface area contributed by atoms with Crippen molar-refractivity contribution in [1.29, 1.82) is 0 Å². The second-order valence-electron chi connectivity index (χ2n) is 6.43. The highest BCUT2D eigenvalue weighted by atomic mass is 35.5. The van der Waals surface area contributed by atoms with Crippen LogP contribution in [0.15, 0.2) is 48.5 Å². The Hall–Kier alpha value is -3.39. The summed E-state index contributed by atoms with van der Waals surface area (Å²) in [6.45, 7) is 1.67. The average Bonchev–Trinajstić information content (AvgIpc) is 3.09. The van der Waals surface area contributed by atoms with E-state index in [-0.39, 0.29) is 18.3 Å². The number of likely N-dealkylation sites (N-methyl/N-ethyl adjacent to an activating group) is 1. The largest absolute Gasteiger partial charge is 0.484 e. The van der Waals surface area contributed by atoms with Gasteiger partial charge in [0.1, 0.15) is 11.6 Å². The van der Waals surface area contributed by atoms with Crippen LogP contribution in [0.2, 0.25) is 5.02 Å². The number of hydrogen-bond donors (Lipinski definition) is 1. The van der Waals surface area contributed by atoms with E-state index in [2.05, 4.69) is 15.4 Å². The summed E-state index contributed by atoms with van der Waals surface area (Å²) in [6.07, 6.45) is 0. The van der Waals surface area contributed by atoms with Crippen LogP contribution < -0.4 is 10.1 Å². The number of aryl methyl sites for hydroxylation is 1. The smallest absolute Gasteiger partial charge is 0.295 e. The van der Waals surface area contributed by atoms with Crippen LogP contribution in [0.3, 0.4) is 0 Å². The molecule has 3 aromatic rings. The Bertz CT molecular complexity index is 1030. The van der Waals surface area contributed by atoms with Crippen molar-refractivity contribution in [2.75, 3.05) is 26.0 Å². The monoisotopic (exact) mass is 413 g/mol. The zero-order chi connectivity index (χ0) is 21.0. The van der Waals surface area contributed by atoms with Crippen molar-refractivity contribution in [2.45, 2.75) is 6.92 Å². The maximum absolute atomic E-state index is 12.6. The Morgan fingerprint density at radius 1 is 1.17 bits per heavy atom. The molecule has 29 heavy (non-hydrogen) atoms. The number of anilines is 1. The molecule has 1 heterocycles. The summed E-state index contributed by atoms with van der Waals surface area (Å²) in [5.74, 6) is 0.450. The number of halogens is 1. The molecule has 0 atom stereocenters. The van der Waals surface area contributed by atoms with E-state index in [1.807, 2.05) is 0 Å². The fourth-order valence-electron chi connectivity index (χ4n) is 2.44. The highest BCUT2D eigenvalue weighted by Gasteiger charge is 2.16. The van der Waals surface area contributed by atoms with Gasteiger partial charge in [-0.15, -0.1) is 5.10 Å². The molecule has 0 saturated heterocycles. The van der Waals surface area contributed by atoms with E-state index in [1.165, 1.54) is 4.90 Å². The summed E-state index contributed by atoms with van der Waals surface area (Å²) in [4.78, 5) is 29.9. The van der Waals surface area contributed by atoms with Crippen molar-refractivity contribution in [3.8, 4) is 11.4 Å². The van der Waals surface area contributed by atoms with E-state index in [0.29, 0.717) is 22.3 Å². The molecule has 8 nitrogen and oxygen atoms in total. The molecule has 150 valence electrons. The van der Waals surface area contributed by atoms with Gasteiger partial charge >= 0.3 is 0 Å². The van der Waals surface area contributed by atoms with Crippen LogP contribution >= 0.6 is 11.6 Å². The minimum atomic E-state index is -0.456. The predicted molar refractivity (Wildman–Crippen MR) is 110 cm³/mol. The lowest BCUT2D eigenvalue weighted by molar-refractivity contribution is -0.130. The molecule has 0 spiro atoms. The number of hydrogen-bond acceptors (Lipinski definition) is 5. The molecule has 0 fully saturated rings. The summed E-state index contributed by atoms with van der Waals surface area (Å²) < 4.78 is 7.03. The van der Waals surface area contributed by atoms with Crippen molar-refractivity contribution >= 4 is 29.1 Å². The number of carbonyl (C=O) groups excluding carboxylic acids is 2. The number of nitrogens with one attached hydrogen (secondary N) is 1. The van der Waals surface area contributed by atoms with E-state index in [4.69, 9.17) is 16.3 Å². The molecular weight excluding hydrogens is 394 g/mol. The van der Waals surface area contributed by atoms with Crippen LogP contribution in [0, 0.1) is 6.92 Å². The number of ether oxygens (including phenoxy) is 1. The number of rotatable bonds is 6. The number of aromatic nitrogens is 3. The topological polar surface area (TPSA) is 89.3 Å². The molecule has 0 aliphatic carbocycles. The number of carbonyl (C=O) groups is 2. The van der Waals surface area contributed by atoms with Crippen LogP contribution in [0.4, 0.5) is 5.69 Å². The zero-order valence-corrected chi connectivity index (χ0v) is 17.0. The number of nitrogens with zero attached hydrogens (tertiary/aromatic N) is 4. The summed E-state index contributed by atoms with van der Waals surface area (Å²) in [7, 11) is 3.31. The van der Waals surface area contributed by atoms with Gasteiger partial charge in [-0.1, -0.05) is 17.7 Å². The van der Waals surface area contributed by atoms with Crippen LogP contribution in [-0.2, 0) is 4.79 Å². The molecule has 0 aliphatic rings. The lowest BCUT2D eigenvalue weighted by atomic mass is 10.3. The first-order chi connectivity index (χ1) is 13.8. The minimum Gasteiger partial charge on any atom is -0.484 e. The van der Waals surface area contributed by atoms with Gasteiger partial charge in [-0.2, -0.15) is 0 Å². The normalized spacial score (nSPS) is 10.5.